The Morgan fingerprint density at radius 2 is 1.95 bits per heavy atom. The van der Waals surface area contributed by atoms with E-state index in [9.17, 15) is 9.59 Å². The fraction of sp³-hybridized carbons (Fsp3) is 0.250. The summed E-state index contributed by atoms with van der Waals surface area (Å²) in [7, 11) is 3.44. The van der Waals surface area contributed by atoms with Crippen molar-refractivity contribution in [2.45, 2.75) is 6.42 Å². The highest BCUT2D eigenvalue weighted by Crippen LogP contribution is 2.14. The van der Waals surface area contributed by atoms with Crippen LogP contribution in [0.2, 0.25) is 0 Å². The average molecular weight is 315 g/mol. The lowest BCUT2D eigenvalue weighted by molar-refractivity contribution is 0.0954. The van der Waals surface area contributed by atoms with Crippen LogP contribution in [0.4, 0.5) is 0 Å². The summed E-state index contributed by atoms with van der Waals surface area (Å²) < 4.78 is 3.13. The van der Waals surface area contributed by atoms with Crippen molar-refractivity contribution in [3.8, 4) is 0 Å². The molecule has 0 atom stereocenters. The quantitative estimate of drug-likeness (QED) is 0.799. The number of hydrogen-bond donors (Lipinski definition) is 1. The zero-order chi connectivity index (χ0) is 15.7. The minimum absolute atomic E-state index is 0.0924. The number of carbonyl (C=O) groups excluding carboxylic acids is 1. The van der Waals surface area contributed by atoms with Crippen LogP contribution in [0, 0.1) is 0 Å². The lowest BCUT2D eigenvalue weighted by atomic mass is 10.2. The van der Waals surface area contributed by atoms with E-state index < -0.39 is 0 Å². The van der Waals surface area contributed by atoms with Gasteiger partial charge >= 0.3 is 5.69 Å². The lowest BCUT2D eigenvalue weighted by Crippen LogP contribution is -2.25. The van der Waals surface area contributed by atoms with Crippen molar-refractivity contribution in [3.05, 3.63) is 56.6 Å². The van der Waals surface area contributed by atoms with Gasteiger partial charge in [-0.1, -0.05) is 6.07 Å². The molecule has 0 fully saturated rings. The molecular weight excluding hydrogens is 298 g/mol. The first-order chi connectivity index (χ1) is 10.6. The highest BCUT2D eigenvalue weighted by atomic mass is 32.1. The second-order valence-corrected chi connectivity index (χ2v) is 6.22. The molecule has 1 aromatic carbocycles. The smallest absolute Gasteiger partial charge is 0.328 e. The third kappa shape index (κ3) is 2.57. The number of carbonyl (C=O) groups is 1. The van der Waals surface area contributed by atoms with E-state index in [0.29, 0.717) is 12.1 Å². The summed E-state index contributed by atoms with van der Waals surface area (Å²) in [4.78, 5) is 25.4. The Morgan fingerprint density at radius 3 is 2.68 bits per heavy atom. The Kier molecular flexibility index (Phi) is 3.85. The first-order valence-electron chi connectivity index (χ1n) is 7.04. The first kappa shape index (κ1) is 14.6. The van der Waals surface area contributed by atoms with Crippen LogP contribution in [0.15, 0.2) is 40.5 Å². The van der Waals surface area contributed by atoms with Crippen LogP contribution in [0.3, 0.4) is 0 Å². The molecule has 3 aromatic rings. The molecule has 0 radical (unpaired) electrons. The molecular formula is C16H17N3O2S. The zero-order valence-corrected chi connectivity index (χ0v) is 13.3. The number of benzene rings is 1. The van der Waals surface area contributed by atoms with Gasteiger partial charge in [-0.3, -0.25) is 13.9 Å². The molecule has 0 spiro atoms. The van der Waals surface area contributed by atoms with Crippen molar-refractivity contribution in [1.29, 1.82) is 0 Å². The Morgan fingerprint density at radius 1 is 1.18 bits per heavy atom. The highest BCUT2D eigenvalue weighted by Gasteiger charge is 2.11. The van der Waals surface area contributed by atoms with Gasteiger partial charge in [-0.05, 0) is 36.1 Å². The Labute approximate surface area is 131 Å². The van der Waals surface area contributed by atoms with Crippen molar-refractivity contribution in [1.82, 2.24) is 14.5 Å². The van der Waals surface area contributed by atoms with Crippen molar-refractivity contribution in [2.75, 3.05) is 6.54 Å². The van der Waals surface area contributed by atoms with Gasteiger partial charge in [-0.25, -0.2) is 4.79 Å². The van der Waals surface area contributed by atoms with E-state index in [4.69, 9.17) is 0 Å². The van der Waals surface area contributed by atoms with Gasteiger partial charge < -0.3 is 5.32 Å². The zero-order valence-electron chi connectivity index (χ0n) is 12.5. The molecule has 0 bridgehead atoms. The van der Waals surface area contributed by atoms with Crippen LogP contribution in [0.5, 0.6) is 0 Å². The van der Waals surface area contributed by atoms with Gasteiger partial charge in [0.05, 0.1) is 11.0 Å². The Bertz CT molecular complexity index is 875. The van der Waals surface area contributed by atoms with E-state index >= 15 is 0 Å². The molecule has 22 heavy (non-hydrogen) atoms. The summed E-state index contributed by atoms with van der Waals surface area (Å²) in [6, 6.07) is 9.39. The number of nitrogens with one attached hydrogen (secondary N) is 1. The van der Waals surface area contributed by atoms with E-state index in [-0.39, 0.29) is 11.6 Å². The predicted molar refractivity (Wildman–Crippen MR) is 88.5 cm³/mol. The minimum atomic E-state index is -0.116. The number of nitrogens with zero attached hydrogens (tertiary/aromatic N) is 2. The topological polar surface area (TPSA) is 56.0 Å². The summed E-state index contributed by atoms with van der Waals surface area (Å²) in [5.41, 5.74) is 2.06. The van der Waals surface area contributed by atoms with Gasteiger partial charge in [0.25, 0.3) is 5.91 Å². The number of rotatable bonds is 4. The molecule has 6 heteroatoms. The molecule has 3 rings (SSSR count). The SMILES string of the molecule is Cn1c(=O)n(C)c2cc(C(=O)NCCc3cccs3)ccc21. The maximum absolute atomic E-state index is 12.2. The number of fused-ring (bicyclic) bond motifs is 1. The molecule has 0 unspecified atom stereocenters. The molecule has 5 nitrogen and oxygen atoms in total. The third-order valence-corrected chi connectivity index (χ3v) is 4.71. The Hall–Kier alpha value is -2.34. The average Bonchev–Trinajstić information content (AvgIpc) is 3.11. The molecule has 0 saturated heterocycles. The number of imidazole rings is 1. The van der Waals surface area contributed by atoms with E-state index in [1.165, 1.54) is 4.88 Å². The van der Waals surface area contributed by atoms with Gasteiger partial charge in [-0.2, -0.15) is 0 Å². The normalized spacial score (nSPS) is 11.0. The molecule has 1 N–H and O–H groups in total. The van der Waals surface area contributed by atoms with Gasteiger partial charge in [0.2, 0.25) is 0 Å². The van der Waals surface area contributed by atoms with Crippen molar-refractivity contribution >= 4 is 28.3 Å². The van der Waals surface area contributed by atoms with Gasteiger partial charge in [0, 0.05) is 31.1 Å². The highest BCUT2D eigenvalue weighted by molar-refractivity contribution is 7.09. The van der Waals surface area contributed by atoms with Crippen molar-refractivity contribution in [2.24, 2.45) is 14.1 Å². The van der Waals surface area contributed by atoms with Crippen molar-refractivity contribution < 1.29 is 4.79 Å². The molecule has 0 aliphatic rings. The second-order valence-electron chi connectivity index (χ2n) is 5.19. The maximum Gasteiger partial charge on any atom is 0.328 e. The van der Waals surface area contributed by atoms with Gasteiger partial charge in [0.15, 0.2) is 0 Å². The molecule has 2 aromatic heterocycles. The number of hydrogen-bond acceptors (Lipinski definition) is 3. The number of aryl methyl sites for hydroxylation is 2. The molecule has 0 aliphatic carbocycles. The van der Waals surface area contributed by atoms with Crippen LogP contribution in [-0.2, 0) is 20.5 Å². The summed E-state index contributed by atoms with van der Waals surface area (Å²) in [6.45, 7) is 0.602. The molecule has 1 amide bonds. The monoisotopic (exact) mass is 315 g/mol. The van der Waals surface area contributed by atoms with Crippen LogP contribution in [0.1, 0.15) is 15.2 Å². The second kappa shape index (κ2) is 5.81. The van der Waals surface area contributed by atoms with E-state index in [0.717, 1.165) is 17.5 Å². The van der Waals surface area contributed by atoms with Gasteiger partial charge in [-0.15, -0.1) is 11.3 Å². The number of aromatic nitrogens is 2. The van der Waals surface area contributed by atoms with Crippen LogP contribution in [-0.4, -0.2) is 21.6 Å². The van der Waals surface area contributed by atoms with E-state index in [2.05, 4.69) is 11.4 Å². The summed E-state index contributed by atoms with van der Waals surface area (Å²) >= 11 is 1.69. The fourth-order valence-corrected chi connectivity index (χ4v) is 3.21. The molecule has 0 aliphatic heterocycles. The van der Waals surface area contributed by atoms with Crippen LogP contribution < -0.4 is 11.0 Å². The standard InChI is InChI=1S/C16H17N3O2S/c1-18-13-6-5-11(10-14(13)19(2)16(18)21)15(20)17-8-7-12-4-3-9-22-12/h3-6,9-10H,7-8H2,1-2H3,(H,17,20). The van der Waals surface area contributed by atoms with E-state index in [1.807, 2.05) is 17.5 Å². The number of thiophene rings is 1. The largest absolute Gasteiger partial charge is 0.352 e. The van der Waals surface area contributed by atoms with Gasteiger partial charge in [0.1, 0.15) is 0 Å². The fourth-order valence-electron chi connectivity index (χ4n) is 2.50. The molecule has 2 heterocycles. The van der Waals surface area contributed by atoms with Crippen LogP contribution >= 0.6 is 11.3 Å². The summed E-state index contributed by atoms with van der Waals surface area (Å²) in [6.07, 6.45) is 0.829. The summed E-state index contributed by atoms with van der Waals surface area (Å²) in [5.74, 6) is -0.116. The minimum Gasteiger partial charge on any atom is -0.352 e. The molecule has 0 saturated carbocycles. The first-order valence-corrected chi connectivity index (χ1v) is 7.92. The van der Waals surface area contributed by atoms with Crippen molar-refractivity contribution in [3.63, 3.8) is 0 Å². The third-order valence-electron chi connectivity index (χ3n) is 3.77. The Balaban J connectivity index is 1.76. The van der Waals surface area contributed by atoms with E-state index in [1.54, 1.807) is 46.7 Å². The van der Waals surface area contributed by atoms with Crippen LogP contribution in [0.25, 0.3) is 11.0 Å². The predicted octanol–water partition coefficient (Wildman–Crippen LogP) is 1.91. The maximum atomic E-state index is 12.2. The lowest BCUT2D eigenvalue weighted by Gasteiger charge is -2.05. The molecule has 114 valence electrons. The number of amides is 1. The summed E-state index contributed by atoms with van der Waals surface area (Å²) in [5, 5.41) is 4.95.